The van der Waals surface area contributed by atoms with E-state index < -0.39 is 0 Å². The molecule has 0 unspecified atom stereocenters. The zero-order chi connectivity index (χ0) is 16.4. The van der Waals surface area contributed by atoms with Crippen LogP contribution in [0.4, 0.5) is 4.39 Å². The number of nitrogens with one attached hydrogen (secondary N) is 3. The number of aryl methyl sites for hydroxylation is 1. The number of guanidine groups is 1. The molecule has 0 saturated heterocycles. The van der Waals surface area contributed by atoms with Gasteiger partial charge in [-0.05, 0) is 31.0 Å². The van der Waals surface area contributed by atoms with Crippen LogP contribution in [0.25, 0.3) is 0 Å². The van der Waals surface area contributed by atoms with Crippen LogP contribution in [-0.2, 0) is 0 Å². The average Bonchev–Trinajstić information content (AvgIpc) is 2.52. The number of hydrogen-bond donors (Lipinski definition) is 3. The van der Waals surface area contributed by atoms with Crippen molar-refractivity contribution in [2.45, 2.75) is 26.7 Å². The van der Waals surface area contributed by atoms with Gasteiger partial charge in [0, 0.05) is 32.2 Å². The molecule has 0 aromatic heterocycles. The fraction of sp³-hybridized carbons (Fsp3) is 0.500. The zero-order valence-corrected chi connectivity index (χ0v) is 13.5. The smallest absolute Gasteiger partial charge is 0.251 e. The fourth-order valence-corrected chi connectivity index (χ4v) is 1.80. The van der Waals surface area contributed by atoms with Crippen LogP contribution < -0.4 is 16.0 Å². The first-order valence-electron chi connectivity index (χ1n) is 7.57. The molecule has 1 aromatic rings. The number of halogens is 1. The van der Waals surface area contributed by atoms with Crippen molar-refractivity contribution in [1.82, 2.24) is 16.0 Å². The summed E-state index contributed by atoms with van der Waals surface area (Å²) < 4.78 is 13.4. The lowest BCUT2D eigenvalue weighted by atomic mass is 10.1. The minimum absolute atomic E-state index is 0.283. The third kappa shape index (κ3) is 6.11. The molecule has 1 aromatic carbocycles. The van der Waals surface area contributed by atoms with Crippen LogP contribution in [0.2, 0.25) is 0 Å². The Kier molecular flexibility index (Phi) is 7.96. The monoisotopic (exact) mass is 308 g/mol. The fourth-order valence-electron chi connectivity index (χ4n) is 1.80. The zero-order valence-electron chi connectivity index (χ0n) is 13.5. The maximum Gasteiger partial charge on any atom is 0.251 e. The van der Waals surface area contributed by atoms with Gasteiger partial charge in [-0.3, -0.25) is 9.79 Å². The van der Waals surface area contributed by atoms with Crippen molar-refractivity contribution in [3.8, 4) is 0 Å². The largest absolute Gasteiger partial charge is 0.356 e. The summed E-state index contributed by atoms with van der Waals surface area (Å²) in [4.78, 5) is 16.0. The van der Waals surface area contributed by atoms with Gasteiger partial charge < -0.3 is 16.0 Å². The van der Waals surface area contributed by atoms with Crippen molar-refractivity contribution < 1.29 is 9.18 Å². The molecular formula is C16H25FN4O. The predicted molar refractivity (Wildman–Crippen MR) is 87.7 cm³/mol. The van der Waals surface area contributed by atoms with Gasteiger partial charge in [-0.15, -0.1) is 0 Å². The molecule has 0 radical (unpaired) electrons. The SMILES string of the molecule is CCCCNC(=NC)NCCNC(=O)c1ccc(C)c(F)c1. The van der Waals surface area contributed by atoms with Crippen LogP contribution in [0, 0.1) is 12.7 Å². The number of nitrogens with zero attached hydrogens (tertiary/aromatic N) is 1. The third-order valence-corrected chi connectivity index (χ3v) is 3.18. The number of amides is 1. The quantitative estimate of drug-likeness (QED) is 0.409. The van der Waals surface area contributed by atoms with Gasteiger partial charge in [0.05, 0.1) is 0 Å². The van der Waals surface area contributed by atoms with Crippen molar-refractivity contribution in [1.29, 1.82) is 0 Å². The van der Waals surface area contributed by atoms with Crippen LogP contribution in [0.5, 0.6) is 0 Å². The van der Waals surface area contributed by atoms with E-state index in [0.717, 1.165) is 19.4 Å². The summed E-state index contributed by atoms with van der Waals surface area (Å²) in [5.74, 6) is 0.0602. The van der Waals surface area contributed by atoms with Gasteiger partial charge >= 0.3 is 0 Å². The summed E-state index contributed by atoms with van der Waals surface area (Å²) in [7, 11) is 1.70. The molecule has 5 nitrogen and oxygen atoms in total. The van der Waals surface area contributed by atoms with Gasteiger partial charge in [-0.25, -0.2) is 4.39 Å². The molecule has 0 fully saturated rings. The van der Waals surface area contributed by atoms with E-state index in [9.17, 15) is 9.18 Å². The maximum atomic E-state index is 13.4. The lowest BCUT2D eigenvalue weighted by molar-refractivity contribution is 0.0954. The van der Waals surface area contributed by atoms with E-state index >= 15 is 0 Å². The molecule has 1 amide bonds. The highest BCUT2D eigenvalue weighted by atomic mass is 19.1. The molecule has 0 atom stereocenters. The molecule has 0 saturated carbocycles. The summed E-state index contributed by atoms with van der Waals surface area (Å²) in [6, 6.07) is 4.47. The maximum absolute atomic E-state index is 13.4. The number of unbranched alkanes of at least 4 members (excludes halogenated alkanes) is 1. The Morgan fingerprint density at radius 2 is 1.86 bits per heavy atom. The van der Waals surface area contributed by atoms with E-state index in [1.165, 1.54) is 6.07 Å². The van der Waals surface area contributed by atoms with Gasteiger partial charge in [0.1, 0.15) is 5.82 Å². The van der Waals surface area contributed by atoms with Crippen molar-refractivity contribution in [3.63, 3.8) is 0 Å². The van der Waals surface area contributed by atoms with Crippen LogP contribution in [-0.4, -0.2) is 38.5 Å². The van der Waals surface area contributed by atoms with Crippen molar-refractivity contribution in [3.05, 3.63) is 35.1 Å². The normalized spacial score (nSPS) is 11.2. The number of hydrogen-bond acceptors (Lipinski definition) is 2. The number of carbonyl (C=O) groups excluding carboxylic acids is 1. The lowest BCUT2D eigenvalue weighted by Gasteiger charge is -2.12. The Morgan fingerprint density at radius 1 is 1.18 bits per heavy atom. The summed E-state index contributed by atoms with van der Waals surface area (Å²) >= 11 is 0. The molecule has 0 aliphatic rings. The van der Waals surface area contributed by atoms with Gasteiger partial charge in [-0.1, -0.05) is 19.4 Å². The Labute approximate surface area is 131 Å². The van der Waals surface area contributed by atoms with Gasteiger partial charge in [0.25, 0.3) is 5.91 Å². The highest BCUT2D eigenvalue weighted by Gasteiger charge is 2.07. The molecule has 0 aliphatic heterocycles. The second-order valence-corrected chi connectivity index (χ2v) is 5.00. The molecule has 6 heteroatoms. The van der Waals surface area contributed by atoms with E-state index in [0.29, 0.717) is 30.2 Å². The predicted octanol–water partition coefficient (Wildman–Crippen LogP) is 1.83. The van der Waals surface area contributed by atoms with E-state index in [1.807, 2.05) is 0 Å². The summed E-state index contributed by atoms with van der Waals surface area (Å²) in [5.41, 5.74) is 0.855. The van der Waals surface area contributed by atoms with Crippen LogP contribution in [0.15, 0.2) is 23.2 Å². The number of aliphatic imine (C=N–C) groups is 1. The van der Waals surface area contributed by atoms with E-state index in [-0.39, 0.29) is 11.7 Å². The summed E-state index contributed by atoms with van der Waals surface area (Å²) in [5, 5.41) is 9.03. The van der Waals surface area contributed by atoms with Gasteiger partial charge in [0.2, 0.25) is 0 Å². The molecule has 0 aliphatic carbocycles. The van der Waals surface area contributed by atoms with Crippen molar-refractivity contribution in [2.24, 2.45) is 4.99 Å². The number of carbonyl (C=O) groups is 1. The Bertz CT molecular complexity index is 517. The second kappa shape index (κ2) is 9.76. The Hall–Kier alpha value is -2.11. The molecule has 0 heterocycles. The van der Waals surface area contributed by atoms with Crippen molar-refractivity contribution in [2.75, 3.05) is 26.7 Å². The van der Waals surface area contributed by atoms with Crippen LogP contribution >= 0.6 is 0 Å². The highest BCUT2D eigenvalue weighted by Crippen LogP contribution is 2.08. The van der Waals surface area contributed by atoms with Gasteiger partial charge in [0.15, 0.2) is 5.96 Å². The minimum atomic E-state index is -0.369. The first-order chi connectivity index (χ1) is 10.6. The third-order valence-electron chi connectivity index (χ3n) is 3.18. The molecule has 22 heavy (non-hydrogen) atoms. The first kappa shape index (κ1) is 17.9. The van der Waals surface area contributed by atoms with Crippen LogP contribution in [0.3, 0.4) is 0 Å². The van der Waals surface area contributed by atoms with E-state index in [1.54, 1.807) is 26.1 Å². The highest BCUT2D eigenvalue weighted by molar-refractivity contribution is 5.94. The van der Waals surface area contributed by atoms with Crippen LogP contribution in [0.1, 0.15) is 35.7 Å². The summed E-state index contributed by atoms with van der Waals surface area (Å²) in [6.07, 6.45) is 2.20. The topological polar surface area (TPSA) is 65.5 Å². The average molecular weight is 308 g/mol. The van der Waals surface area contributed by atoms with Crippen molar-refractivity contribution >= 4 is 11.9 Å². The lowest BCUT2D eigenvalue weighted by Crippen LogP contribution is -2.41. The molecule has 122 valence electrons. The number of benzene rings is 1. The van der Waals surface area contributed by atoms with E-state index in [2.05, 4.69) is 27.9 Å². The second-order valence-electron chi connectivity index (χ2n) is 5.00. The standard InChI is InChI=1S/C16H25FN4O/c1-4-5-8-20-16(18-3)21-10-9-19-15(22)13-7-6-12(2)14(17)11-13/h6-7,11H,4-5,8-10H2,1-3H3,(H,19,22)(H2,18,20,21). The summed E-state index contributed by atoms with van der Waals surface area (Å²) in [6.45, 7) is 5.64. The first-order valence-corrected chi connectivity index (χ1v) is 7.57. The molecular weight excluding hydrogens is 283 g/mol. The van der Waals surface area contributed by atoms with E-state index in [4.69, 9.17) is 0 Å². The minimum Gasteiger partial charge on any atom is -0.356 e. The Morgan fingerprint density at radius 3 is 2.50 bits per heavy atom. The molecule has 1 rings (SSSR count). The molecule has 3 N–H and O–H groups in total. The van der Waals surface area contributed by atoms with Gasteiger partial charge in [-0.2, -0.15) is 0 Å². The molecule has 0 bridgehead atoms. The number of rotatable bonds is 7. The Balaban J connectivity index is 2.31. The molecule has 0 spiro atoms.